The largest absolute Gasteiger partial charge is 0.692 e. The first-order chi connectivity index (χ1) is 6.58. The molecular formula is C6H17NO6P+. The van der Waals surface area contributed by atoms with Crippen LogP contribution in [0.15, 0.2) is 0 Å². The average Bonchev–Trinajstić information content (AvgIpc) is 2.04. The molecule has 0 heterocycles. The highest BCUT2D eigenvalue weighted by Gasteiger charge is 2.00. The van der Waals surface area contributed by atoms with Crippen LogP contribution in [0.4, 0.5) is 0 Å². The summed E-state index contributed by atoms with van der Waals surface area (Å²) in [4.78, 5) is 16.0. The second kappa shape index (κ2) is 12.9. The van der Waals surface area contributed by atoms with Gasteiger partial charge in [0.05, 0.1) is 19.8 Å². The van der Waals surface area contributed by atoms with Gasteiger partial charge in [0.1, 0.15) is 0 Å². The van der Waals surface area contributed by atoms with Crippen LogP contribution in [-0.4, -0.2) is 69.5 Å². The van der Waals surface area contributed by atoms with Gasteiger partial charge in [-0.1, -0.05) is 0 Å². The molecular weight excluding hydrogens is 213 g/mol. The van der Waals surface area contributed by atoms with Crippen molar-refractivity contribution >= 4 is 8.25 Å². The third-order valence-electron chi connectivity index (χ3n) is 1.25. The third kappa shape index (κ3) is 17.8. The number of hydrogen-bond donors (Lipinski definition) is 5. The van der Waals surface area contributed by atoms with Crippen LogP contribution in [0.2, 0.25) is 0 Å². The van der Waals surface area contributed by atoms with Gasteiger partial charge in [0, 0.05) is 24.2 Å². The van der Waals surface area contributed by atoms with Crippen molar-refractivity contribution in [3.63, 3.8) is 0 Å². The molecule has 86 valence electrons. The van der Waals surface area contributed by atoms with Gasteiger partial charge in [-0.15, -0.1) is 9.79 Å². The Balaban J connectivity index is 0. The Bertz CT molecular complexity index is 117. The Morgan fingerprint density at radius 1 is 0.857 bits per heavy atom. The lowest BCUT2D eigenvalue weighted by atomic mass is 10.4. The molecule has 0 radical (unpaired) electrons. The molecule has 0 saturated heterocycles. The molecule has 7 nitrogen and oxygen atoms in total. The highest BCUT2D eigenvalue weighted by atomic mass is 31.1. The zero-order chi connectivity index (χ0) is 11.4. The lowest BCUT2D eigenvalue weighted by Crippen LogP contribution is -2.32. The summed E-state index contributed by atoms with van der Waals surface area (Å²) in [5, 5.41) is 25.5. The van der Waals surface area contributed by atoms with Gasteiger partial charge in [0.25, 0.3) is 0 Å². The van der Waals surface area contributed by atoms with Crippen LogP contribution < -0.4 is 0 Å². The van der Waals surface area contributed by atoms with E-state index in [1.54, 1.807) is 4.90 Å². The van der Waals surface area contributed by atoms with Crippen LogP contribution in [0, 0.1) is 0 Å². The topological polar surface area (TPSA) is 121 Å². The molecule has 0 aromatic rings. The minimum Gasteiger partial charge on any atom is -0.395 e. The highest BCUT2D eigenvalue weighted by molar-refractivity contribution is 7.30. The van der Waals surface area contributed by atoms with Crippen molar-refractivity contribution in [3.05, 3.63) is 0 Å². The van der Waals surface area contributed by atoms with Crippen molar-refractivity contribution in [3.8, 4) is 0 Å². The molecule has 0 saturated carbocycles. The van der Waals surface area contributed by atoms with Gasteiger partial charge >= 0.3 is 8.25 Å². The van der Waals surface area contributed by atoms with Crippen molar-refractivity contribution < 1.29 is 29.7 Å². The summed E-state index contributed by atoms with van der Waals surface area (Å²) < 4.78 is 8.70. The molecule has 0 atom stereocenters. The molecule has 5 N–H and O–H groups in total. The number of rotatable bonds is 6. The van der Waals surface area contributed by atoms with E-state index in [0.717, 1.165) is 0 Å². The monoisotopic (exact) mass is 230 g/mol. The molecule has 0 spiro atoms. The summed E-state index contributed by atoms with van der Waals surface area (Å²) in [5.74, 6) is 0. The van der Waals surface area contributed by atoms with Gasteiger partial charge in [-0.3, -0.25) is 4.90 Å². The first-order valence-electron chi connectivity index (χ1n) is 3.98. The van der Waals surface area contributed by atoms with Crippen molar-refractivity contribution in [2.75, 3.05) is 39.5 Å². The van der Waals surface area contributed by atoms with Crippen LogP contribution >= 0.6 is 8.25 Å². The summed E-state index contributed by atoms with van der Waals surface area (Å²) in [7, 11) is -2.87. The Morgan fingerprint density at radius 3 is 1.21 bits per heavy atom. The van der Waals surface area contributed by atoms with E-state index in [4.69, 9.17) is 29.7 Å². The molecule has 0 aromatic heterocycles. The molecule has 8 heteroatoms. The second-order valence-electron chi connectivity index (χ2n) is 2.27. The van der Waals surface area contributed by atoms with Crippen LogP contribution in [-0.2, 0) is 4.57 Å². The van der Waals surface area contributed by atoms with E-state index in [0.29, 0.717) is 19.6 Å². The van der Waals surface area contributed by atoms with Crippen molar-refractivity contribution in [1.29, 1.82) is 0 Å². The van der Waals surface area contributed by atoms with E-state index in [1.165, 1.54) is 0 Å². The first-order valence-corrected chi connectivity index (χ1v) is 5.15. The fraction of sp³-hybridized carbons (Fsp3) is 1.00. The Kier molecular flexibility index (Phi) is 15.0. The molecule has 0 amide bonds. The smallest absolute Gasteiger partial charge is 0.395 e. The average molecular weight is 230 g/mol. The molecule has 0 aliphatic carbocycles. The first kappa shape index (κ1) is 16.3. The van der Waals surface area contributed by atoms with Crippen molar-refractivity contribution in [2.24, 2.45) is 0 Å². The number of aliphatic hydroxyl groups excluding tert-OH is 3. The molecule has 0 aliphatic heterocycles. The Morgan fingerprint density at radius 2 is 1.07 bits per heavy atom. The van der Waals surface area contributed by atoms with Gasteiger partial charge in [-0.25, -0.2) is 0 Å². The maximum atomic E-state index is 8.70. The second-order valence-corrected chi connectivity index (χ2v) is 2.77. The lowest BCUT2D eigenvalue weighted by Gasteiger charge is -2.17. The summed E-state index contributed by atoms with van der Waals surface area (Å²) in [6.45, 7) is 1.75. The minimum absolute atomic E-state index is 0.0694. The van der Waals surface area contributed by atoms with Crippen LogP contribution in [0.5, 0.6) is 0 Å². The molecule has 0 fully saturated rings. The number of aliphatic hydroxyl groups is 3. The normalized spacial score (nSPS) is 9.57. The maximum absolute atomic E-state index is 8.70. The molecule has 0 bridgehead atoms. The summed E-state index contributed by atoms with van der Waals surface area (Å²) in [6, 6.07) is 0. The zero-order valence-corrected chi connectivity index (χ0v) is 8.68. The van der Waals surface area contributed by atoms with E-state index in [1.807, 2.05) is 0 Å². The molecule has 0 rings (SSSR count). The zero-order valence-electron chi connectivity index (χ0n) is 7.78. The van der Waals surface area contributed by atoms with Gasteiger partial charge in [0.2, 0.25) is 0 Å². The van der Waals surface area contributed by atoms with Crippen molar-refractivity contribution in [2.45, 2.75) is 0 Å². The minimum atomic E-state index is -2.87. The summed E-state index contributed by atoms with van der Waals surface area (Å²) >= 11 is 0. The van der Waals surface area contributed by atoms with Crippen LogP contribution in [0.1, 0.15) is 0 Å². The maximum Gasteiger partial charge on any atom is 0.692 e. The molecule has 14 heavy (non-hydrogen) atoms. The Labute approximate surface area is 83.2 Å². The van der Waals surface area contributed by atoms with Gasteiger partial charge in [-0.05, 0) is 0 Å². The predicted molar refractivity (Wildman–Crippen MR) is 49.7 cm³/mol. The summed E-state index contributed by atoms with van der Waals surface area (Å²) in [5.41, 5.74) is 0. The van der Waals surface area contributed by atoms with Gasteiger partial charge in [-0.2, -0.15) is 0 Å². The molecule has 0 aliphatic rings. The Hall–Kier alpha value is -0.140. The fourth-order valence-corrected chi connectivity index (χ4v) is 0.760. The lowest BCUT2D eigenvalue weighted by molar-refractivity contribution is 0.136. The predicted octanol–water partition coefficient (Wildman–Crippen LogP) is -2.11. The number of nitrogens with zero attached hydrogens (tertiary/aromatic N) is 1. The summed E-state index contributed by atoms with van der Waals surface area (Å²) in [6.07, 6.45) is 0. The fourth-order valence-electron chi connectivity index (χ4n) is 0.760. The molecule has 0 unspecified atom stereocenters. The highest BCUT2D eigenvalue weighted by Crippen LogP contribution is 1.98. The molecule has 0 aromatic carbocycles. The van der Waals surface area contributed by atoms with E-state index in [9.17, 15) is 0 Å². The van der Waals surface area contributed by atoms with E-state index in [-0.39, 0.29) is 19.8 Å². The van der Waals surface area contributed by atoms with E-state index < -0.39 is 8.25 Å². The quantitative estimate of drug-likeness (QED) is 0.331. The van der Waals surface area contributed by atoms with Gasteiger partial charge in [0.15, 0.2) is 0 Å². The number of hydrogen-bond acceptors (Lipinski definition) is 5. The van der Waals surface area contributed by atoms with E-state index >= 15 is 0 Å². The van der Waals surface area contributed by atoms with Crippen LogP contribution in [0.25, 0.3) is 0 Å². The third-order valence-corrected chi connectivity index (χ3v) is 1.25. The standard InChI is InChI=1S/C6H15NO3.HO3P/c8-4-1-7(2-5-9)3-6-10;1-4(2)3/h8-10H,1-6H2;(H-,1,2,3)/p+1. The SMILES string of the molecule is O=[P+](O)O.OCCN(CCO)CCO. The van der Waals surface area contributed by atoms with Gasteiger partial charge < -0.3 is 15.3 Å². The van der Waals surface area contributed by atoms with Crippen LogP contribution in [0.3, 0.4) is 0 Å². The van der Waals surface area contributed by atoms with E-state index in [2.05, 4.69) is 0 Å². The van der Waals surface area contributed by atoms with Crippen molar-refractivity contribution in [1.82, 2.24) is 4.90 Å².